The van der Waals surface area contributed by atoms with Crippen molar-refractivity contribution >= 4 is 5.69 Å². The van der Waals surface area contributed by atoms with Gasteiger partial charge in [0.1, 0.15) is 11.5 Å². The number of methoxy groups -OCH3 is 2. The second-order valence-electron chi connectivity index (χ2n) is 7.66. The van der Waals surface area contributed by atoms with E-state index < -0.39 is 0 Å². The summed E-state index contributed by atoms with van der Waals surface area (Å²) < 4.78 is 10.9. The number of piperazine rings is 1. The van der Waals surface area contributed by atoms with Crippen LogP contribution in [0.3, 0.4) is 0 Å². The minimum atomic E-state index is 0.834. The lowest BCUT2D eigenvalue weighted by molar-refractivity contribution is 0.0897. The van der Waals surface area contributed by atoms with Crippen molar-refractivity contribution in [2.24, 2.45) is 0 Å². The molecule has 1 aromatic carbocycles. The molecule has 3 aliphatic heterocycles. The first-order valence-electron chi connectivity index (χ1n) is 10.6. The normalized spacial score (nSPS) is 19.4. The Bertz CT molecular complexity index is 781. The minimum absolute atomic E-state index is 0.834. The van der Waals surface area contributed by atoms with E-state index in [-0.39, 0.29) is 0 Å². The quantitative estimate of drug-likeness (QED) is 0.628. The molecular formula is C23H32N4O2. The van der Waals surface area contributed by atoms with Crippen molar-refractivity contribution in [3.8, 4) is 11.5 Å². The summed E-state index contributed by atoms with van der Waals surface area (Å²) in [6.07, 6.45) is 13.3. The van der Waals surface area contributed by atoms with Crippen LogP contribution in [0.15, 0.2) is 54.4 Å². The van der Waals surface area contributed by atoms with E-state index >= 15 is 0 Å². The molecule has 6 nitrogen and oxygen atoms in total. The lowest BCUT2D eigenvalue weighted by atomic mass is 10.2. The summed E-state index contributed by atoms with van der Waals surface area (Å²) in [4.78, 5) is 5.01. The first kappa shape index (κ1) is 19.9. The third-order valence-electron chi connectivity index (χ3n) is 5.93. The van der Waals surface area contributed by atoms with Gasteiger partial charge in [-0.05, 0) is 49.7 Å². The predicted octanol–water partition coefficient (Wildman–Crippen LogP) is 3.11. The molecule has 6 heteroatoms. The molecule has 0 atom stereocenters. The van der Waals surface area contributed by atoms with Gasteiger partial charge in [-0.15, -0.1) is 0 Å². The fraction of sp³-hybridized carbons (Fsp3) is 0.478. The van der Waals surface area contributed by atoms with E-state index in [0.29, 0.717) is 0 Å². The van der Waals surface area contributed by atoms with Crippen LogP contribution in [-0.4, -0.2) is 75.0 Å². The molecule has 1 saturated heterocycles. The summed E-state index contributed by atoms with van der Waals surface area (Å²) in [5, 5.41) is 4.70. The maximum atomic E-state index is 5.58. The molecular weight excluding hydrogens is 364 g/mol. The van der Waals surface area contributed by atoms with E-state index in [2.05, 4.69) is 56.4 Å². The minimum Gasteiger partial charge on any atom is -0.497 e. The largest absolute Gasteiger partial charge is 0.497 e. The van der Waals surface area contributed by atoms with Crippen molar-refractivity contribution in [2.75, 3.05) is 64.9 Å². The van der Waals surface area contributed by atoms with E-state index in [1.54, 1.807) is 14.2 Å². The Morgan fingerprint density at radius 2 is 1.76 bits per heavy atom. The van der Waals surface area contributed by atoms with Gasteiger partial charge in [-0.2, -0.15) is 0 Å². The summed E-state index contributed by atoms with van der Waals surface area (Å²) in [6.45, 7) is 7.58. The van der Waals surface area contributed by atoms with Crippen LogP contribution < -0.4 is 14.4 Å². The van der Waals surface area contributed by atoms with E-state index in [1.165, 1.54) is 25.1 Å². The Morgan fingerprint density at radius 1 is 0.931 bits per heavy atom. The van der Waals surface area contributed by atoms with Crippen molar-refractivity contribution in [1.29, 1.82) is 0 Å². The molecule has 0 radical (unpaired) electrons. The lowest BCUT2D eigenvalue weighted by Crippen LogP contribution is -2.46. The van der Waals surface area contributed by atoms with Gasteiger partial charge in [0.15, 0.2) is 0 Å². The molecule has 3 heterocycles. The molecule has 0 amide bonds. The summed E-state index contributed by atoms with van der Waals surface area (Å²) in [7, 11) is 3.41. The van der Waals surface area contributed by atoms with Gasteiger partial charge < -0.3 is 14.4 Å². The number of hydrazine groups is 1. The van der Waals surface area contributed by atoms with Crippen LogP contribution in [-0.2, 0) is 0 Å². The molecule has 1 aromatic rings. The number of hydrogen-bond acceptors (Lipinski definition) is 6. The van der Waals surface area contributed by atoms with Crippen LogP contribution in [0, 0.1) is 0 Å². The van der Waals surface area contributed by atoms with Gasteiger partial charge >= 0.3 is 0 Å². The number of fused-ring (bicyclic) bond motifs is 1. The van der Waals surface area contributed by atoms with Crippen molar-refractivity contribution in [2.45, 2.75) is 12.8 Å². The Kier molecular flexibility index (Phi) is 6.42. The van der Waals surface area contributed by atoms with Crippen molar-refractivity contribution in [3.63, 3.8) is 0 Å². The second-order valence-corrected chi connectivity index (χ2v) is 7.66. The number of nitrogens with zero attached hydrogens (tertiary/aromatic N) is 4. The maximum absolute atomic E-state index is 5.58. The smallest absolute Gasteiger partial charge is 0.145 e. The highest BCUT2D eigenvalue weighted by molar-refractivity contribution is 5.61. The highest BCUT2D eigenvalue weighted by atomic mass is 16.5. The number of hydrogen-bond donors (Lipinski definition) is 0. The summed E-state index contributed by atoms with van der Waals surface area (Å²) in [5.74, 6) is 1.72. The summed E-state index contributed by atoms with van der Waals surface area (Å²) >= 11 is 0. The van der Waals surface area contributed by atoms with Crippen LogP contribution in [0.2, 0.25) is 0 Å². The Labute approximate surface area is 174 Å². The van der Waals surface area contributed by atoms with Gasteiger partial charge in [0.2, 0.25) is 0 Å². The fourth-order valence-corrected chi connectivity index (χ4v) is 4.24. The molecule has 1 fully saturated rings. The van der Waals surface area contributed by atoms with Gasteiger partial charge in [-0.25, -0.2) is 5.01 Å². The molecule has 3 aliphatic rings. The van der Waals surface area contributed by atoms with Crippen LogP contribution in [0.1, 0.15) is 12.8 Å². The topological polar surface area (TPSA) is 31.4 Å². The second kappa shape index (κ2) is 9.37. The van der Waals surface area contributed by atoms with Crippen LogP contribution >= 0.6 is 0 Å². The molecule has 156 valence electrons. The average molecular weight is 397 g/mol. The molecule has 0 aromatic heterocycles. The number of allylic oxidation sites excluding steroid dienone is 3. The summed E-state index contributed by atoms with van der Waals surface area (Å²) in [6, 6.07) is 6.08. The number of rotatable bonds is 8. The molecule has 0 aliphatic carbocycles. The zero-order chi connectivity index (χ0) is 20.1. The Balaban J connectivity index is 1.18. The van der Waals surface area contributed by atoms with Crippen molar-refractivity contribution < 1.29 is 9.47 Å². The van der Waals surface area contributed by atoms with Gasteiger partial charge in [-0.1, -0.05) is 6.08 Å². The zero-order valence-electron chi connectivity index (χ0n) is 17.6. The van der Waals surface area contributed by atoms with E-state index in [9.17, 15) is 0 Å². The SMILES string of the molecule is COc1ccc(N2CCN(CCCCN3CC=C4C=CC=CN43)CC2)c(OC)c1. The number of ether oxygens (including phenoxy) is 2. The van der Waals surface area contributed by atoms with E-state index in [0.717, 1.165) is 56.5 Å². The lowest BCUT2D eigenvalue weighted by Gasteiger charge is -2.37. The fourth-order valence-electron chi connectivity index (χ4n) is 4.24. The summed E-state index contributed by atoms with van der Waals surface area (Å²) in [5.41, 5.74) is 2.46. The third kappa shape index (κ3) is 4.60. The highest BCUT2D eigenvalue weighted by Crippen LogP contribution is 2.32. The monoisotopic (exact) mass is 396 g/mol. The number of unbranched alkanes of at least 4 members (excludes halogenated alkanes) is 1. The molecule has 0 bridgehead atoms. The number of benzene rings is 1. The first-order chi connectivity index (χ1) is 14.3. The average Bonchev–Trinajstić information content (AvgIpc) is 3.20. The molecule has 0 saturated carbocycles. The number of anilines is 1. The van der Waals surface area contributed by atoms with Crippen LogP contribution in [0.5, 0.6) is 11.5 Å². The third-order valence-corrected chi connectivity index (χ3v) is 5.93. The van der Waals surface area contributed by atoms with Crippen molar-refractivity contribution in [1.82, 2.24) is 14.9 Å². The van der Waals surface area contributed by atoms with Gasteiger partial charge in [0, 0.05) is 51.5 Å². The molecule has 0 N–H and O–H groups in total. The Hall–Kier alpha value is -2.44. The van der Waals surface area contributed by atoms with Gasteiger partial charge in [0.05, 0.1) is 25.6 Å². The first-order valence-corrected chi connectivity index (χ1v) is 10.6. The molecule has 0 spiro atoms. The molecule has 0 unspecified atom stereocenters. The maximum Gasteiger partial charge on any atom is 0.145 e. The zero-order valence-corrected chi connectivity index (χ0v) is 17.6. The molecule has 4 rings (SSSR count). The van der Waals surface area contributed by atoms with Crippen LogP contribution in [0.25, 0.3) is 0 Å². The van der Waals surface area contributed by atoms with E-state index in [1.807, 2.05) is 12.1 Å². The molecule has 29 heavy (non-hydrogen) atoms. The van der Waals surface area contributed by atoms with Gasteiger partial charge in [0.25, 0.3) is 0 Å². The predicted molar refractivity (Wildman–Crippen MR) is 117 cm³/mol. The Morgan fingerprint density at radius 3 is 2.55 bits per heavy atom. The van der Waals surface area contributed by atoms with E-state index in [4.69, 9.17) is 9.47 Å². The van der Waals surface area contributed by atoms with Gasteiger partial charge in [-0.3, -0.25) is 9.91 Å². The highest BCUT2D eigenvalue weighted by Gasteiger charge is 2.22. The van der Waals surface area contributed by atoms with Crippen LogP contribution in [0.4, 0.5) is 5.69 Å². The standard InChI is InChI=1S/C23H32N4O2/c1-28-21-8-9-22(23(19-21)29-2)25-17-15-24(16-18-25)11-5-6-12-26-14-10-20-7-3-4-13-27(20)26/h3-4,7-10,13,19H,5-6,11-12,14-18H2,1-2H3. The van der Waals surface area contributed by atoms with Crippen molar-refractivity contribution in [3.05, 3.63) is 54.4 Å².